The Hall–Kier alpha value is -3.19. The van der Waals surface area contributed by atoms with Gasteiger partial charge in [-0.05, 0) is 42.8 Å². The molecule has 0 saturated carbocycles. The molecule has 138 valence electrons. The number of methoxy groups -OCH3 is 1. The van der Waals surface area contributed by atoms with E-state index in [0.717, 1.165) is 25.2 Å². The molecular formula is C20H19FN4O2. The van der Waals surface area contributed by atoms with Crippen molar-refractivity contribution in [1.82, 2.24) is 15.3 Å². The van der Waals surface area contributed by atoms with E-state index in [-0.39, 0.29) is 5.56 Å². The van der Waals surface area contributed by atoms with Crippen molar-refractivity contribution in [3.05, 3.63) is 53.6 Å². The van der Waals surface area contributed by atoms with Gasteiger partial charge in [-0.25, -0.2) is 9.37 Å². The quantitative estimate of drug-likeness (QED) is 0.662. The van der Waals surface area contributed by atoms with Gasteiger partial charge in [0.05, 0.1) is 12.7 Å². The fraction of sp³-hybridized carbons (Fsp3) is 0.200. The molecule has 6 nitrogen and oxygen atoms in total. The molecule has 0 bridgehead atoms. The summed E-state index contributed by atoms with van der Waals surface area (Å²) in [5, 5.41) is 3.97. The fourth-order valence-corrected chi connectivity index (χ4v) is 3.47. The molecule has 3 aromatic rings. The number of hydrogen-bond donors (Lipinski definition) is 3. The summed E-state index contributed by atoms with van der Waals surface area (Å²) in [7, 11) is 1.50. The van der Waals surface area contributed by atoms with Crippen molar-refractivity contribution in [3.8, 4) is 16.9 Å². The Kier molecular flexibility index (Phi) is 4.37. The number of benzene rings is 1. The molecule has 27 heavy (non-hydrogen) atoms. The number of aromatic amines is 1. The highest BCUT2D eigenvalue weighted by Gasteiger charge is 2.21. The van der Waals surface area contributed by atoms with Crippen LogP contribution in [0.1, 0.15) is 22.5 Å². The smallest absolute Gasteiger partial charge is 0.250 e. The normalized spacial score (nSPS) is 14.2. The minimum absolute atomic E-state index is 0.219. The third-order valence-electron chi connectivity index (χ3n) is 4.76. The molecule has 3 heterocycles. The molecule has 0 aliphatic carbocycles. The lowest BCUT2D eigenvalue weighted by molar-refractivity contribution is 0.100. The van der Waals surface area contributed by atoms with Gasteiger partial charge in [0.2, 0.25) is 0 Å². The summed E-state index contributed by atoms with van der Waals surface area (Å²) in [4.78, 5) is 19.7. The Bertz CT molecular complexity index is 1070. The van der Waals surface area contributed by atoms with Crippen molar-refractivity contribution in [2.45, 2.75) is 6.42 Å². The lowest BCUT2D eigenvalue weighted by atomic mass is 9.96. The molecule has 1 aliphatic rings. The standard InChI is InChI=1S/C20H19FN4O2/c1-27-17-3-2-12(21)8-13(17)18-14-9-16(11-4-6-23-7-5-11)25-20(14)24-10-15(18)19(22)26/h2-4,8-10,23H,5-7H2,1H3,(H2,22,26)(H,24,25). The van der Waals surface area contributed by atoms with Gasteiger partial charge in [0.15, 0.2) is 0 Å². The number of halogens is 1. The van der Waals surface area contributed by atoms with Gasteiger partial charge < -0.3 is 20.8 Å². The second-order valence-electron chi connectivity index (χ2n) is 6.38. The molecule has 1 aliphatic heterocycles. The number of nitrogens with zero attached hydrogens (tertiary/aromatic N) is 1. The van der Waals surface area contributed by atoms with Crippen LogP contribution in [0.2, 0.25) is 0 Å². The number of rotatable bonds is 4. The number of nitrogens with two attached hydrogens (primary N) is 1. The SMILES string of the molecule is COc1ccc(F)cc1-c1c(C(N)=O)cnc2[nH]c(C3=CCNCC3)cc12. The second kappa shape index (κ2) is 6.85. The Balaban J connectivity index is 2.01. The third kappa shape index (κ3) is 3.06. The van der Waals surface area contributed by atoms with Crippen molar-refractivity contribution in [3.63, 3.8) is 0 Å². The predicted octanol–water partition coefficient (Wildman–Crippen LogP) is 2.85. The summed E-state index contributed by atoms with van der Waals surface area (Å²) in [6, 6.07) is 6.12. The molecule has 0 unspecified atom stereocenters. The van der Waals surface area contributed by atoms with Crippen LogP contribution in [0.5, 0.6) is 5.75 Å². The van der Waals surface area contributed by atoms with Crippen molar-refractivity contribution < 1.29 is 13.9 Å². The van der Waals surface area contributed by atoms with E-state index in [4.69, 9.17) is 10.5 Å². The van der Waals surface area contributed by atoms with E-state index in [1.807, 2.05) is 6.07 Å². The van der Waals surface area contributed by atoms with E-state index in [0.29, 0.717) is 27.9 Å². The number of carbonyl (C=O) groups is 1. The van der Waals surface area contributed by atoms with Gasteiger partial charge in [-0.3, -0.25) is 4.79 Å². The molecule has 0 radical (unpaired) electrons. The molecule has 1 aromatic carbocycles. The topological polar surface area (TPSA) is 93.0 Å². The molecule has 0 fully saturated rings. The molecule has 4 rings (SSSR count). The van der Waals surface area contributed by atoms with Crippen LogP contribution >= 0.6 is 0 Å². The van der Waals surface area contributed by atoms with Crippen molar-refractivity contribution >= 4 is 22.5 Å². The first kappa shape index (κ1) is 17.2. The van der Waals surface area contributed by atoms with Gasteiger partial charge in [0, 0.05) is 34.9 Å². The number of ether oxygens (including phenoxy) is 1. The van der Waals surface area contributed by atoms with Crippen LogP contribution in [-0.2, 0) is 0 Å². The average Bonchev–Trinajstić information content (AvgIpc) is 3.12. The summed E-state index contributed by atoms with van der Waals surface area (Å²) < 4.78 is 19.4. The number of pyridine rings is 1. The summed E-state index contributed by atoms with van der Waals surface area (Å²) >= 11 is 0. The van der Waals surface area contributed by atoms with E-state index in [9.17, 15) is 9.18 Å². The highest BCUT2D eigenvalue weighted by Crippen LogP contribution is 2.38. The van der Waals surface area contributed by atoms with Crippen molar-refractivity contribution in [2.75, 3.05) is 20.2 Å². The van der Waals surface area contributed by atoms with Gasteiger partial charge in [0.25, 0.3) is 5.91 Å². The summed E-state index contributed by atoms with van der Waals surface area (Å²) in [5.41, 5.74) is 9.48. The number of nitrogens with one attached hydrogen (secondary N) is 2. The van der Waals surface area contributed by atoms with E-state index in [2.05, 4.69) is 21.4 Å². The highest BCUT2D eigenvalue weighted by atomic mass is 19.1. The minimum atomic E-state index is -0.630. The van der Waals surface area contributed by atoms with Crippen LogP contribution in [0, 0.1) is 5.82 Å². The van der Waals surface area contributed by atoms with Crippen molar-refractivity contribution in [1.29, 1.82) is 0 Å². The zero-order valence-corrected chi connectivity index (χ0v) is 14.8. The van der Waals surface area contributed by atoms with Gasteiger partial charge in [-0.2, -0.15) is 0 Å². The number of primary amides is 1. The Morgan fingerprint density at radius 1 is 1.33 bits per heavy atom. The van der Waals surface area contributed by atoms with E-state index in [1.54, 1.807) is 0 Å². The zero-order valence-electron chi connectivity index (χ0n) is 14.8. The van der Waals surface area contributed by atoms with Crippen LogP contribution in [0.4, 0.5) is 4.39 Å². The summed E-state index contributed by atoms with van der Waals surface area (Å²) in [5.74, 6) is -0.604. The molecule has 1 amide bonds. The largest absolute Gasteiger partial charge is 0.496 e. The van der Waals surface area contributed by atoms with Gasteiger partial charge in [-0.1, -0.05) is 6.08 Å². The number of amides is 1. The number of H-pyrrole nitrogens is 1. The first-order chi connectivity index (χ1) is 13.1. The van der Waals surface area contributed by atoms with Crippen LogP contribution < -0.4 is 15.8 Å². The number of fused-ring (bicyclic) bond motifs is 1. The van der Waals surface area contributed by atoms with Crippen LogP contribution in [0.25, 0.3) is 27.7 Å². The monoisotopic (exact) mass is 366 g/mol. The highest BCUT2D eigenvalue weighted by molar-refractivity contribution is 6.09. The third-order valence-corrected chi connectivity index (χ3v) is 4.76. The average molecular weight is 366 g/mol. The summed E-state index contributed by atoms with van der Waals surface area (Å²) in [6.45, 7) is 1.70. The van der Waals surface area contributed by atoms with E-state index in [1.165, 1.54) is 37.1 Å². The fourth-order valence-electron chi connectivity index (χ4n) is 3.47. The van der Waals surface area contributed by atoms with Gasteiger partial charge in [-0.15, -0.1) is 0 Å². The predicted molar refractivity (Wildman–Crippen MR) is 102 cm³/mol. The second-order valence-corrected chi connectivity index (χ2v) is 6.38. The van der Waals surface area contributed by atoms with Crippen molar-refractivity contribution in [2.24, 2.45) is 5.73 Å². The Morgan fingerprint density at radius 2 is 2.19 bits per heavy atom. The van der Waals surface area contributed by atoms with Crippen LogP contribution in [-0.4, -0.2) is 36.1 Å². The van der Waals surface area contributed by atoms with Crippen LogP contribution in [0.3, 0.4) is 0 Å². The van der Waals surface area contributed by atoms with Gasteiger partial charge >= 0.3 is 0 Å². The maximum absolute atomic E-state index is 14.0. The van der Waals surface area contributed by atoms with E-state index < -0.39 is 11.7 Å². The van der Waals surface area contributed by atoms with Gasteiger partial charge in [0.1, 0.15) is 17.2 Å². The lowest BCUT2D eigenvalue weighted by Crippen LogP contribution is -2.20. The number of hydrogen-bond acceptors (Lipinski definition) is 4. The molecule has 4 N–H and O–H groups in total. The zero-order chi connectivity index (χ0) is 19.0. The molecule has 0 atom stereocenters. The molecule has 0 saturated heterocycles. The minimum Gasteiger partial charge on any atom is -0.496 e. The maximum Gasteiger partial charge on any atom is 0.250 e. The molecular weight excluding hydrogens is 347 g/mol. The molecule has 0 spiro atoms. The maximum atomic E-state index is 14.0. The van der Waals surface area contributed by atoms with E-state index >= 15 is 0 Å². The van der Waals surface area contributed by atoms with Crippen LogP contribution in [0.15, 0.2) is 36.5 Å². The number of carbonyl (C=O) groups excluding carboxylic acids is 1. The number of aromatic nitrogens is 2. The Labute approximate surface area is 155 Å². The Morgan fingerprint density at radius 3 is 2.89 bits per heavy atom. The summed E-state index contributed by atoms with van der Waals surface area (Å²) in [6.07, 6.45) is 4.42. The lowest BCUT2D eigenvalue weighted by Gasteiger charge is -2.13. The molecule has 2 aromatic heterocycles. The first-order valence-electron chi connectivity index (χ1n) is 8.64. The first-order valence-corrected chi connectivity index (χ1v) is 8.64. The molecule has 7 heteroatoms.